The first-order valence-electron chi connectivity index (χ1n) is 7.26. The van der Waals surface area contributed by atoms with Crippen molar-refractivity contribution >= 4 is 15.9 Å². The van der Waals surface area contributed by atoms with Gasteiger partial charge in [0.2, 0.25) is 5.88 Å². The highest BCUT2D eigenvalue weighted by Gasteiger charge is 2.20. The maximum atomic E-state index is 5.90. The van der Waals surface area contributed by atoms with Crippen molar-refractivity contribution in [2.45, 2.75) is 39.3 Å². The van der Waals surface area contributed by atoms with Crippen LogP contribution in [0.4, 0.5) is 0 Å². The third kappa shape index (κ3) is 3.83. The lowest BCUT2D eigenvalue weighted by atomic mass is 10.2. The van der Waals surface area contributed by atoms with Crippen molar-refractivity contribution in [3.05, 3.63) is 51.6 Å². The molecule has 110 valence electrons. The normalized spacial score (nSPS) is 14.2. The second kappa shape index (κ2) is 6.16. The van der Waals surface area contributed by atoms with Crippen LogP contribution in [-0.2, 0) is 6.54 Å². The number of aromatic nitrogens is 1. The first kappa shape index (κ1) is 14.5. The molecule has 1 fully saturated rings. The second-order valence-corrected chi connectivity index (χ2v) is 6.48. The standard InChI is InChI=1S/C17H19BrN2O/c1-11-3-5-14(18)9-16(11)21-17-8-4-13(12(2)20-17)10-19-15-6-7-15/h3-5,8-9,15,19H,6-7,10H2,1-2H3. The summed E-state index contributed by atoms with van der Waals surface area (Å²) in [4.78, 5) is 4.56. The van der Waals surface area contributed by atoms with Crippen molar-refractivity contribution in [3.8, 4) is 11.6 Å². The summed E-state index contributed by atoms with van der Waals surface area (Å²) >= 11 is 3.47. The van der Waals surface area contributed by atoms with Gasteiger partial charge < -0.3 is 10.1 Å². The van der Waals surface area contributed by atoms with E-state index in [1.807, 2.05) is 38.1 Å². The maximum Gasteiger partial charge on any atom is 0.219 e. The molecular formula is C17H19BrN2O. The van der Waals surface area contributed by atoms with E-state index in [4.69, 9.17) is 4.74 Å². The third-order valence-electron chi connectivity index (χ3n) is 3.69. The largest absolute Gasteiger partial charge is 0.439 e. The highest BCUT2D eigenvalue weighted by atomic mass is 79.9. The molecule has 1 saturated carbocycles. The summed E-state index contributed by atoms with van der Waals surface area (Å²) in [5, 5.41) is 3.51. The van der Waals surface area contributed by atoms with Gasteiger partial charge in [-0.3, -0.25) is 0 Å². The van der Waals surface area contributed by atoms with Gasteiger partial charge in [-0.15, -0.1) is 0 Å². The topological polar surface area (TPSA) is 34.1 Å². The minimum Gasteiger partial charge on any atom is -0.439 e. The highest BCUT2D eigenvalue weighted by molar-refractivity contribution is 9.10. The Balaban J connectivity index is 1.73. The zero-order valence-corrected chi connectivity index (χ0v) is 13.9. The average molecular weight is 347 g/mol. The van der Waals surface area contributed by atoms with Crippen molar-refractivity contribution in [1.82, 2.24) is 10.3 Å². The summed E-state index contributed by atoms with van der Waals surface area (Å²) < 4.78 is 6.91. The zero-order chi connectivity index (χ0) is 14.8. The molecule has 1 aliphatic carbocycles. The lowest BCUT2D eigenvalue weighted by molar-refractivity contribution is 0.457. The van der Waals surface area contributed by atoms with E-state index in [9.17, 15) is 0 Å². The summed E-state index contributed by atoms with van der Waals surface area (Å²) in [5.74, 6) is 1.48. The van der Waals surface area contributed by atoms with E-state index < -0.39 is 0 Å². The van der Waals surface area contributed by atoms with Crippen LogP contribution in [0.15, 0.2) is 34.8 Å². The van der Waals surface area contributed by atoms with Gasteiger partial charge in [-0.1, -0.05) is 28.1 Å². The molecule has 1 aromatic carbocycles. The van der Waals surface area contributed by atoms with Gasteiger partial charge >= 0.3 is 0 Å². The highest BCUT2D eigenvalue weighted by Crippen LogP contribution is 2.28. The van der Waals surface area contributed by atoms with E-state index >= 15 is 0 Å². The first-order chi connectivity index (χ1) is 10.1. The van der Waals surface area contributed by atoms with Crippen LogP contribution in [-0.4, -0.2) is 11.0 Å². The fourth-order valence-electron chi connectivity index (χ4n) is 2.15. The summed E-state index contributed by atoms with van der Waals surface area (Å²) in [7, 11) is 0. The van der Waals surface area contributed by atoms with Gasteiger partial charge in [0.05, 0.1) is 0 Å². The van der Waals surface area contributed by atoms with Crippen LogP contribution in [0.25, 0.3) is 0 Å². The number of ether oxygens (including phenoxy) is 1. The molecule has 1 N–H and O–H groups in total. The number of pyridine rings is 1. The summed E-state index contributed by atoms with van der Waals surface area (Å²) in [6, 6.07) is 10.8. The van der Waals surface area contributed by atoms with Gasteiger partial charge in [0.25, 0.3) is 0 Å². The van der Waals surface area contributed by atoms with Crippen molar-refractivity contribution in [3.63, 3.8) is 0 Å². The van der Waals surface area contributed by atoms with Crippen molar-refractivity contribution in [2.75, 3.05) is 0 Å². The van der Waals surface area contributed by atoms with Crippen LogP contribution in [0.2, 0.25) is 0 Å². The molecule has 0 radical (unpaired) electrons. The number of hydrogen-bond donors (Lipinski definition) is 1. The van der Waals surface area contributed by atoms with Crippen LogP contribution in [0.5, 0.6) is 11.6 Å². The Morgan fingerprint density at radius 2 is 2.05 bits per heavy atom. The molecule has 21 heavy (non-hydrogen) atoms. The number of benzene rings is 1. The van der Waals surface area contributed by atoms with E-state index in [1.54, 1.807) is 0 Å². The molecule has 3 rings (SSSR count). The molecule has 0 saturated heterocycles. The minimum atomic E-state index is 0.642. The number of nitrogens with zero attached hydrogens (tertiary/aromatic N) is 1. The van der Waals surface area contributed by atoms with Crippen LogP contribution < -0.4 is 10.1 Å². The second-order valence-electron chi connectivity index (χ2n) is 5.56. The van der Waals surface area contributed by atoms with Crippen molar-refractivity contribution in [1.29, 1.82) is 0 Å². The Kier molecular flexibility index (Phi) is 4.27. The molecule has 0 bridgehead atoms. The number of nitrogens with one attached hydrogen (secondary N) is 1. The molecule has 1 aliphatic rings. The molecule has 2 aromatic rings. The van der Waals surface area contributed by atoms with Crippen molar-refractivity contribution < 1.29 is 4.74 Å². The van der Waals surface area contributed by atoms with E-state index in [2.05, 4.69) is 32.3 Å². The van der Waals surface area contributed by atoms with Gasteiger partial charge in [0, 0.05) is 28.8 Å². The molecule has 0 spiro atoms. The summed E-state index contributed by atoms with van der Waals surface area (Å²) in [6.45, 7) is 4.95. The van der Waals surface area contributed by atoms with Gasteiger partial charge in [-0.05, 0) is 49.9 Å². The Morgan fingerprint density at radius 3 is 2.76 bits per heavy atom. The average Bonchev–Trinajstić information content (AvgIpc) is 3.26. The van der Waals surface area contributed by atoms with Gasteiger partial charge in [0.1, 0.15) is 5.75 Å². The zero-order valence-electron chi connectivity index (χ0n) is 12.3. The molecule has 1 heterocycles. The van der Waals surface area contributed by atoms with Gasteiger partial charge in [-0.25, -0.2) is 4.98 Å². The first-order valence-corrected chi connectivity index (χ1v) is 8.05. The maximum absolute atomic E-state index is 5.90. The van der Waals surface area contributed by atoms with Crippen LogP contribution in [0, 0.1) is 13.8 Å². The number of halogens is 1. The smallest absolute Gasteiger partial charge is 0.219 e. The molecule has 0 unspecified atom stereocenters. The quantitative estimate of drug-likeness (QED) is 0.864. The Labute approximate surface area is 133 Å². The fourth-order valence-corrected chi connectivity index (χ4v) is 2.49. The van der Waals surface area contributed by atoms with E-state index in [0.29, 0.717) is 11.9 Å². The predicted octanol–water partition coefficient (Wildman–Crippen LogP) is 4.51. The lowest BCUT2D eigenvalue weighted by Gasteiger charge is -2.11. The van der Waals surface area contributed by atoms with Crippen LogP contribution in [0.3, 0.4) is 0 Å². The predicted molar refractivity (Wildman–Crippen MR) is 87.8 cm³/mol. The molecule has 0 aliphatic heterocycles. The number of aryl methyl sites for hydroxylation is 2. The number of rotatable bonds is 5. The van der Waals surface area contributed by atoms with Crippen molar-refractivity contribution in [2.24, 2.45) is 0 Å². The monoisotopic (exact) mass is 346 g/mol. The van der Waals surface area contributed by atoms with E-state index in [-0.39, 0.29) is 0 Å². The minimum absolute atomic E-state index is 0.642. The Bertz CT molecular complexity index is 653. The SMILES string of the molecule is Cc1ccc(Br)cc1Oc1ccc(CNC2CC2)c(C)n1. The molecule has 0 atom stereocenters. The Morgan fingerprint density at radius 1 is 1.24 bits per heavy atom. The molecule has 3 nitrogen and oxygen atoms in total. The summed E-state index contributed by atoms with van der Waals surface area (Å²) in [6.07, 6.45) is 2.60. The molecular weight excluding hydrogens is 328 g/mol. The Hall–Kier alpha value is -1.39. The van der Waals surface area contributed by atoms with E-state index in [1.165, 1.54) is 18.4 Å². The summed E-state index contributed by atoms with van der Waals surface area (Å²) in [5.41, 5.74) is 3.35. The lowest BCUT2D eigenvalue weighted by Crippen LogP contribution is -2.16. The van der Waals surface area contributed by atoms with E-state index in [0.717, 1.165) is 28.0 Å². The van der Waals surface area contributed by atoms with Crippen LogP contribution >= 0.6 is 15.9 Å². The molecule has 4 heteroatoms. The molecule has 0 amide bonds. The third-order valence-corrected chi connectivity index (χ3v) is 4.19. The molecule has 1 aromatic heterocycles. The number of hydrogen-bond acceptors (Lipinski definition) is 3. The van der Waals surface area contributed by atoms with Gasteiger partial charge in [-0.2, -0.15) is 0 Å². The van der Waals surface area contributed by atoms with Crippen LogP contribution in [0.1, 0.15) is 29.7 Å². The fraction of sp³-hybridized carbons (Fsp3) is 0.353. The van der Waals surface area contributed by atoms with Gasteiger partial charge in [0.15, 0.2) is 0 Å².